The molecule has 0 unspecified atom stereocenters. The van der Waals surface area contributed by atoms with Gasteiger partial charge in [-0.25, -0.2) is 0 Å². The Kier molecular flexibility index (Phi) is 5.68. The van der Waals surface area contributed by atoms with Crippen molar-refractivity contribution < 1.29 is 23.8 Å². The highest BCUT2D eigenvalue weighted by atomic mass is 16.7. The van der Waals surface area contributed by atoms with Gasteiger partial charge in [-0.15, -0.1) is 6.58 Å². The second-order valence-electron chi connectivity index (χ2n) is 7.20. The number of carbonyl (C=O) groups excluding carboxylic acids is 2. The molecule has 136 valence electrons. The Labute approximate surface area is 149 Å². The summed E-state index contributed by atoms with van der Waals surface area (Å²) in [5.41, 5.74) is -0.604. The minimum absolute atomic E-state index is 0.0593. The number of cyclic esters (lactones) is 2. The van der Waals surface area contributed by atoms with Crippen molar-refractivity contribution in [2.24, 2.45) is 11.3 Å². The summed E-state index contributed by atoms with van der Waals surface area (Å²) in [5.74, 6) is -2.47. The largest absolute Gasteiger partial charge is 0.422 e. The van der Waals surface area contributed by atoms with Crippen LogP contribution in [-0.2, 0) is 30.4 Å². The molecule has 1 aliphatic heterocycles. The number of rotatable bonds is 7. The van der Waals surface area contributed by atoms with Crippen LogP contribution >= 0.6 is 0 Å². The van der Waals surface area contributed by atoms with E-state index in [1.165, 1.54) is 19.9 Å². The van der Waals surface area contributed by atoms with Crippen LogP contribution in [-0.4, -0.2) is 23.8 Å². The zero-order chi connectivity index (χ0) is 18.7. The third kappa shape index (κ3) is 4.10. The lowest BCUT2D eigenvalue weighted by Gasteiger charge is -2.43. The van der Waals surface area contributed by atoms with Gasteiger partial charge in [0.1, 0.15) is 6.10 Å². The molecule has 0 radical (unpaired) electrons. The van der Waals surface area contributed by atoms with Gasteiger partial charge in [-0.05, 0) is 17.9 Å². The van der Waals surface area contributed by atoms with Gasteiger partial charge >= 0.3 is 11.9 Å². The third-order valence-corrected chi connectivity index (χ3v) is 4.11. The molecule has 0 N–H and O–H groups in total. The van der Waals surface area contributed by atoms with Crippen LogP contribution in [0, 0.1) is 11.3 Å². The van der Waals surface area contributed by atoms with E-state index in [-0.39, 0.29) is 18.9 Å². The van der Waals surface area contributed by atoms with Gasteiger partial charge < -0.3 is 14.2 Å². The Morgan fingerprint density at radius 1 is 1.12 bits per heavy atom. The van der Waals surface area contributed by atoms with Crippen molar-refractivity contribution in [1.82, 2.24) is 0 Å². The zero-order valence-corrected chi connectivity index (χ0v) is 15.3. The van der Waals surface area contributed by atoms with E-state index >= 15 is 0 Å². The fraction of sp³-hybridized carbons (Fsp3) is 0.500. The van der Waals surface area contributed by atoms with Crippen molar-refractivity contribution in [2.75, 3.05) is 0 Å². The van der Waals surface area contributed by atoms with Crippen molar-refractivity contribution in [3.63, 3.8) is 0 Å². The fourth-order valence-corrected chi connectivity index (χ4v) is 3.06. The lowest BCUT2D eigenvalue weighted by atomic mass is 9.74. The van der Waals surface area contributed by atoms with E-state index in [1.807, 2.05) is 44.2 Å². The summed E-state index contributed by atoms with van der Waals surface area (Å²) in [6.07, 6.45) is 0.893. The van der Waals surface area contributed by atoms with E-state index < -0.39 is 29.2 Å². The van der Waals surface area contributed by atoms with Crippen molar-refractivity contribution in [3.8, 4) is 0 Å². The summed E-state index contributed by atoms with van der Waals surface area (Å²) in [7, 11) is 0. The molecule has 1 fully saturated rings. The molecule has 0 amide bonds. The molecular weight excluding hydrogens is 320 g/mol. The second kappa shape index (κ2) is 7.40. The van der Waals surface area contributed by atoms with Crippen molar-refractivity contribution in [1.29, 1.82) is 0 Å². The normalized spacial score (nSPS) is 19.9. The molecule has 25 heavy (non-hydrogen) atoms. The van der Waals surface area contributed by atoms with Crippen LogP contribution in [0.2, 0.25) is 0 Å². The Bertz CT molecular complexity index is 613. The number of hydrogen-bond acceptors (Lipinski definition) is 5. The van der Waals surface area contributed by atoms with Gasteiger partial charge in [0.2, 0.25) is 0 Å². The molecule has 0 spiro atoms. The topological polar surface area (TPSA) is 61.8 Å². The van der Waals surface area contributed by atoms with E-state index in [9.17, 15) is 9.59 Å². The first-order chi connectivity index (χ1) is 11.7. The SMILES string of the molecule is C=C[C@@H](OCc1ccccc1)C1(CC(C)C)C(=O)OC(C)(C)OC1=O. The summed E-state index contributed by atoms with van der Waals surface area (Å²) < 4.78 is 16.7. The number of hydrogen-bond donors (Lipinski definition) is 0. The maximum atomic E-state index is 12.8. The van der Waals surface area contributed by atoms with Crippen LogP contribution in [0.15, 0.2) is 43.0 Å². The molecule has 0 aliphatic carbocycles. The van der Waals surface area contributed by atoms with Gasteiger partial charge in [0.25, 0.3) is 5.79 Å². The summed E-state index contributed by atoms with van der Waals surface area (Å²) in [5, 5.41) is 0. The van der Waals surface area contributed by atoms with Crippen LogP contribution in [0.25, 0.3) is 0 Å². The molecule has 1 aromatic rings. The maximum Gasteiger partial charge on any atom is 0.329 e. The molecule has 1 aliphatic rings. The van der Waals surface area contributed by atoms with E-state index in [4.69, 9.17) is 14.2 Å². The van der Waals surface area contributed by atoms with Crippen LogP contribution in [0.3, 0.4) is 0 Å². The van der Waals surface area contributed by atoms with Crippen LogP contribution in [0.1, 0.15) is 39.7 Å². The molecule has 1 atom stereocenters. The zero-order valence-electron chi connectivity index (χ0n) is 15.3. The van der Waals surface area contributed by atoms with E-state index in [1.54, 1.807) is 0 Å². The first-order valence-corrected chi connectivity index (χ1v) is 8.46. The quantitative estimate of drug-likeness (QED) is 0.429. The maximum absolute atomic E-state index is 12.8. The predicted molar refractivity (Wildman–Crippen MR) is 93.4 cm³/mol. The smallest absolute Gasteiger partial charge is 0.329 e. The lowest BCUT2D eigenvalue weighted by molar-refractivity contribution is -0.260. The lowest BCUT2D eigenvalue weighted by Crippen LogP contribution is -2.59. The van der Waals surface area contributed by atoms with Crippen LogP contribution in [0.5, 0.6) is 0 Å². The Morgan fingerprint density at radius 2 is 1.68 bits per heavy atom. The molecule has 0 saturated carbocycles. The van der Waals surface area contributed by atoms with Gasteiger partial charge in [-0.3, -0.25) is 9.59 Å². The minimum Gasteiger partial charge on any atom is -0.422 e. The highest BCUT2D eigenvalue weighted by Gasteiger charge is 2.60. The molecule has 0 bridgehead atoms. The van der Waals surface area contributed by atoms with Crippen molar-refractivity contribution in [3.05, 3.63) is 48.6 Å². The molecule has 1 aromatic carbocycles. The Balaban J connectivity index is 2.32. The Morgan fingerprint density at radius 3 is 2.16 bits per heavy atom. The van der Waals surface area contributed by atoms with E-state index in [0.717, 1.165) is 5.56 Å². The first-order valence-electron chi connectivity index (χ1n) is 8.46. The fourth-order valence-electron chi connectivity index (χ4n) is 3.06. The third-order valence-electron chi connectivity index (χ3n) is 4.11. The molecule has 5 nitrogen and oxygen atoms in total. The highest BCUT2D eigenvalue weighted by molar-refractivity contribution is 6.02. The van der Waals surface area contributed by atoms with Gasteiger partial charge in [0.15, 0.2) is 5.41 Å². The van der Waals surface area contributed by atoms with Crippen LogP contribution < -0.4 is 0 Å². The average molecular weight is 346 g/mol. The number of esters is 2. The predicted octanol–water partition coefficient (Wildman–Crippen LogP) is 3.63. The van der Waals surface area contributed by atoms with E-state index in [0.29, 0.717) is 0 Å². The molecular formula is C20H26O5. The Hall–Kier alpha value is -2.14. The van der Waals surface area contributed by atoms with E-state index in [2.05, 4.69) is 6.58 Å². The number of benzene rings is 1. The van der Waals surface area contributed by atoms with Gasteiger partial charge in [-0.1, -0.05) is 50.3 Å². The summed E-state index contributed by atoms with van der Waals surface area (Å²) in [4.78, 5) is 25.7. The van der Waals surface area contributed by atoms with Crippen LogP contribution in [0.4, 0.5) is 0 Å². The van der Waals surface area contributed by atoms with Crippen molar-refractivity contribution in [2.45, 2.75) is 52.6 Å². The van der Waals surface area contributed by atoms with Gasteiger partial charge in [-0.2, -0.15) is 0 Å². The first kappa shape index (κ1) is 19.2. The number of carbonyl (C=O) groups is 2. The molecule has 5 heteroatoms. The minimum atomic E-state index is -1.54. The molecule has 1 saturated heterocycles. The molecule has 1 heterocycles. The number of ether oxygens (including phenoxy) is 3. The second-order valence-corrected chi connectivity index (χ2v) is 7.20. The average Bonchev–Trinajstić information content (AvgIpc) is 2.52. The summed E-state index contributed by atoms with van der Waals surface area (Å²) >= 11 is 0. The standard InChI is InChI=1S/C20H26O5/c1-6-16(23-13-15-10-8-7-9-11-15)20(12-14(2)3)17(21)24-19(4,5)25-18(20)22/h6-11,14,16H,1,12-13H2,2-5H3/t16-/m1/s1. The summed E-state index contributed by atoms with van der Waals surface area (Å²) in [6, 6.07) is 9.53. The van der Waals surface area contributed by atoms with Crippen molar-refractivity contribution >= 4 is 11.9 Å². The molecule has 0 aromatic heterocycles. The summed E-state index contributed by atoms with van der Waals surface area (Å²) in [6.45, 7) is 11.0. The molecule has 2 rings (SSSR count). The monoisotopic (exact) mass is 346 g/mol. The van der Waals surface area contributed by atoms with Gasteiger partial charge in [0.05, 0.1) is 6.61 Å². The highest BCUT2D eigenvalue weighted by Crippen LogP contribution is 2.42. The van der Waals surface area contributed by atoms with Gasteiger partial charge in [0, 0.05) is 13.8 Å².